The van der Waals surface area contributed by atoms with Gasteiger partial charge in [0.1, 0.15) is 0 Å². The van der Waals surface area contributed by atoms with Gasteiger partial charge in [-0.2, -0.15) is 0 Å². The van der Waals surface area contributed by atoms with E-state index in [1.165, 1.54) is 141 Å². The summed E-state index contributed by atoms with van der Waals surface area (Å²) in [5, 5.41) is 5.77. The molecule has 58 heavy (non-hydrogen) atoms. The number of aryl methyl sites for hydroxylation is 2. The fraction of sp³-hybridized carbons (Fsp3) is 0.455. The number of halogens is 2. The van der Waals surface area contributed by atoms with Gasteiger partial charge in [0.15, 0.2) is 0 Å². The molecule has 4 aromatic rings. The Hall–Kier alpha value is -2.44. The second-order valence-electron chi connectivity index (χ2n) is 20.9. The van der Waals surface area contributed by atoms with E-state index in [9.17, 15) is 0 Å². The van der Waals surface area contributed by atoms with Gasteiger partial charge < -0.3 is 24.8 Å². The molecular formula is C55H69Cl2Zr. The largest absolute Gasteiger partial charge is 1.00 e. The van der Waals surface area contributed by atoms with E-state index in [4.69, 9.17) is 0 Å². The van der Waals surface area contributed by atoms with Crippen molar-refractivity contribution in [2.45, 2.75) is 164 Å². The van der Waals surface area contributed by atoms with Crippen molar-refractivity contribution in [2.24, 2.45) is 0 Å². The Morgan fingerprint density at radius 1 is 0.569 bits per heavy atom. The second-order valence-corrected chi connectivity index (χ2v) is 22.1. The molecule has 0 unspecified atom stereocenters. The van der Waals surface area contributed by atoms with Crippen LogP contribution in [0.15, 0.2) is 78.9 Å². The van der Waals surface area contributed by atoms with Crippen LogP contribution in [-0.2, 0) is 59.2 Å². The molecule has 0 radical (unpaired) electrons. The first-order chi connectivity index (χ1) is 26.2. The molecule has 0 saturated carbocycles. The van der Waals surface area contributed by atoms with Crippen molar-refractivity contribution in [3.63, 3.8) is 0 Å². The Morgan fingerprint density at radius 3 is 1.40 bits per heavy atom. The van der Waals surface area contributed by atoms with Crippen molar-refractivity contribution in [3.05, 3.63) is 155 Å². The van der Waals surface area contributed by atoms with E-state index in [0.717, 1.165) is 19.3 Å². The number of benzene rings is 4. The maximum absolute atomic E-state index is 2.64. The van der Waals surface area contributed by atoms with Crippen molar-refractivity contribution in [1.29, 1.82) is 0 Å². The van der Waals surface area contributed by atoms with Crippen LogP contribution in [0, 0.1) is 10.4 Å². The number of rotatable bonds is 9. The predicted molar refractivity (Wildman–Crippen MR) is 241 cm³/mol. The van der Waals surface area contributed by atoms with E-state index in [0.29, 0.717) is 0 Å². The summed E-state index contributed by atoms with van der Waals surface area (Å²) in [5.74, 6) is 0. The monoisotopic (exact) mass is 889 g/mol. The normalized spacial score (nSPS) is 13.9. The molecule has 0 saturated heterocycles. The zero-order valence-corrected chi connectivity index (χ0v) is 42.2. The third-order valence-electron chi connectivity index (χ3n) is 12.0. The summed E-state index contributed by atoms with van der Waals surface area (Å²) in [6.45, 7) is 33.8. The molecule has 0 bridgehead atoms. The predicted octanol–water partition coefficient (Wildman–Crippen LogP) is 7.46. The summed E-state index contributed by atoms with van der Waals surface area (Å²) in [5.41, 5.74) is 17.1. The summed E-state index contributed by atoms with van der Waals surface area (Å²) in [6.07, 6.45) is 15.2. The van der Waals surface area contributed by atoms with Crippen LogP contribution in [0.4, 0.5) is 0 Å². The summed E-state index contributed by atoms with van der Waals surface area (Å²) < 4.78 is 1.51. The molecule has 2 aliphatic carbocycles. The fourth-order valence-electron chi connectivity index (χ4n) is 9.26. The molecule has 0 heterocycles. The Labute approximate surface area is 380 Å². The average Bonchev–Trinajstić information content (AvgIpc) is 3.75. The molecule has 0 aromatic heterocycles. The van der Waals surface area contributed by atoms with Crippen LogP contribution in [0.5, 0.6) is 0 Å². The van der Waals surface area contributed by atoms with Gasteiger partial charge in [0, 0.05) is 0 Å². The van der Waals surface area contributed by atoms with Crippen molar-refractivity contribution in [3.8, 4) is 0 Å². The smallest absolute Gasteiger partial charge is 1.00 e. The van der Waals surface area contributed by atoms with Crippen molar-refractivity contribution < 1.29 is 49.5 Å². The number of fused-ring (bicyclic) bond motifs is 2. The number of unbranched alkanes of at least 4 members (excludes halogenated alkanes) is 2. The van der Waals surface area contributed by atoms with E-state index in [1.807, 2.05) is 0 Å². The molecule has 307 valence electrons. The Balaban J connectivity index is 0.00000372. The zero-order chi connectivity index (χ0) is 41.0. The summed E-state index contributed by atoms with van der Waals surface area (Å²) in [7, 11) is 0. The molecule has 0 fully saturated rings. The third kappa shape index (κ3) is 9.54. The zero-order valence-electron chi connectivity index (χ0n) is 38.2. The minimum Gasteiger partial charge on any atom is -1.00 e. The molecule has 6 rings (SSSR count). The van der Waals surface area contributed by atoms with Crippen LogP contribution >= 0.6 is 0 Å². The Morgan fingerprint density at radius 2 is 1.02 bits per heavy atom. The molecule has 0 spiro atoms. The summed E-state index contributed by atoms with van der Waals surface area (Å²) >= 11 is 1.48. The van der Waals surface area contributed by atoms with Gasteiger partial charge in [0.25, 0.3) is 0 Å². The average molecular weight is 892 g/mol. The van der Waals surface area contributed by atoms with Gasteiger partial charge in [-0.15, -0.1) is 0 Å². The third-order valence-corrected chi connectivity index (χ3v) is 13.3. The Kier molecular flexibility index (Phi) is 15.2. The van der Waals surface area contributed by atoms with Crippen molar-refractivity contribution in [2.75, 3.05) is 0 Å². The minimum atomic E-state index is -0.135. The summed E-state index contributed by atoms with van der Waals surface area (Å²) in [6, 6.07) is 24.7. The van der Waals surface area contributed by atoms with Gasteiger partial charge in [0.05, 0.1) is 0 Å². The molecule has 4 aromatic carbocycles. The quantitative estimate of drug-likeness (QED) is 0.164. The topological polar surface area (TPSA) is 0 Å². The maximum Gasteiger partial charge on any atom is -1.00 e. The number of allylic oxidation sites excluding steroid dienone is 4. The molecule has 0 amide bonds. The van der Waals surface area contributed by atoms with E-state index in [1.54, 1.807) is 0 Å². The van der Waals surface area contributed by atoms with Gasteiger partial charge >= 0.3 is 344 Å². The maximum atomic E-state index is 2.64. The molecule has 3 heteroatoms. The standard InChI is InChI=1S/C55H69.2ClH.Zr/c1-15-17-21-36-25-29-39(30-26-36)46(40-31-27-37(28-32-40)22-18-16-2)49-48-42-35-45(53(6,7)8)44(52(3,4)5)34-41(42)33-43(48)47(38-23-19-20-24-38)50(54(9,10)11)51(49)55(12,13)14;;;/h19-20,23,25-32,34-35H,15-18,21-22,24H2,1-14H3;2*1H;/q;;;+2/p-2. The molecule has 0 atom stereocenters. The van der Waals surface area contributed by atoms with Gasteiger partial charge in [-0.3, -0.25) is 0 Å². The molecule has 2 aliphatic rings. The second kappa shape index (κ2) is 18.3. The van der Waals surface area contributed by atoms with E-state index in [2.05, 4.69) is 176 Å². The molecular weight excluding hydrogens is 823 g/mol. The first-order valence-electron chi connectivity index (χ1n) is 21.6. The van der Waals surface area contributed by atoms with Crippen LogP contribution in [-0.4, -0.2) is 0 Å². The first-order valence-corrected chi connectivity index (χ1v) is 22.9. The number of hydrogen-bond donors (Lipinski definition) is 0. The van der Waals surface area contributed by atoms with Crippen molar-refractivity contribution in [1.82, 2.24) is 0 Å². The van der Waals surface area contributed by atoms with Crippen LogP contribution in [0.2, 0.25) is 0 Å². The Bertz CT molecular complexity index is 2360. The van der Waals surface area contributed by atoms with Crippen LogP contribution < -0.4 is 35.3 Å². The molecule has 0 aliphatic heterocycles. The van der Waals surface area contributed by atoms with Crippen LogP contribution in [0.1, 0.15) is 185 Å². The van der Waals surface area contributed by atoms with E-state index in [-0.39, 0.29) is 46.5 Å². The van der Waals surface area contributed by atoms with Gasteiger partial charge in [-0.1, -0.05) is 13.8 Å². The summed E-state index contributed by atoms with van der Waals surface area (Å²) in [4.78, 5) is 0. The van der Waals surface area contributed by atoms with Gasteiger partial charge in [-0.05, 0) is 0 Å². The van der Waals surface area contributed by atoms with E-state index >= 15 is 0 Å². The minimum absolute atomic E-state index is 0. The van der Waals surface area contributed by atoms with Crippen LogP contribution in [0.25, 0.3) is 14.4 Å². The van der Waals surface area contributed by atoms with Crippen molar-refractivity contribution >= 4 is 14.4 Å². The SMILES string of the molecule is CCCCc1ccc(C(c2ccc(CCCC)cc2)=c2c(C(C)(C)C)c(C(C)(C)C)c(C3=CC=CC3)c3c2=c2cc(C(C)(C)C)c(C(C)(C)C)cc2=[C]3[Zr+2])cc1.[Cl-].[Cl-]. The van der Waals surface area contributed by atoms with Gasteiger partial charge in [0.2, 0.25) is 0 Å². The molecule has 0 nitrogen and oxygen atoms in total. The fourth-order valence-corrected chi connectivity index (χ4v) is 10.4. The van der Waals surface area contributed by atoms with Gasteiger partial charge in [-0.25, -0.2) is 0 Å². The van der Waals surface area contributed by atoms with Crippen LogP contribution in [0.3, 0.4) is 0 Å². The van der Waals surface area contributed by atoms with E-state index < -0.39 is 0 Å². The number of hydrogen-bond acceptors (Lipinski definition) is 0. The first kappa shape index (κ1) is 48.2. The molecule has 0 N–H and O–H groups in total.